The van der Waals surface area contributed by atoms with Gasteiger partial charge in [0.1, 0.15) is 6.54 Å². The maximum Gasteiger partial charge on any atom is 0.270 e. The highest BCUT2D eigenvalue weighted by molar-refractivity contribution is 7.13. The summed E-state index contributed by atoms with van der Waals surface area (Å²) in [6, 6.07) is 5.56. The number of nitrogens with zero attached hydrogens (tertiary/aromatic N) is 3. The van der Waals surface area contributed by atoms with Crippen molar-refractivity contribution < 1.29 is 14.5 Å². The molecule has 0 atom stereocenters. The largest absolute Gasteiger partial charge is 0.329 e. The van der Waals surface area contributed by atoms with Crippen molar-refractivity contribution in [3.8, 4) is 0 Å². The van der Waals surface area contributed by atoms with Crippen LogP contribution in [0.4, 0.5) is 10.8 Å². The summed E-state index contributed by atoms with van der Waals surface area (Å²) in [5, 5.41) is 15.8. The van der Waals surface area contributed by atoms with Crippen molar-refractivity contribution in [2.75, 3.05) is 18.4 Å². The molecule has 2 amide bonds. The smallest absolute Gasteiger partial charge is 0.270 e. The highest BCUT2D eigenvalue weighted by Crippen LogP contribution is 2.30. The Morgan fingerprint density at radius 1 is 1.40 bits per heavy atom. The number of benzene rings is 1. The van der Waals surface area contributed by atoms with Crippen molar-refractivity contribution in [2.24, 2.45) is 5.92 Å². The molecule has 1 aromatic carbocycles. The number of hydrogen-bond donors (Lipinski definition) is 1. The van der Waals surface area contributed by atoms with E-state index in [-0.39, 0.29) is 29.6 Å². The van der Waals surface area contributed by atoms with Gasteiger partial charge in [-0.1, -0.05) is 6.07 Å². The van der Waals surface area contributed by atoms with Crippen LogP contribution in [0.15, 0.2) is 35.8 Å². The molecular weight excluding hydrogens is 344 g/mol. The number of thiazole rings is 1. The fourth-order valence-corrected chi connectivity index (χ4v) is 2.93. The second kappa shape index (κ2) is 7.39. The van der Waals surface area contributed by atoms with Crippen LogP contribution in [0.3, 0.4) is 0 Å². The summed E-state index contributed by atoms with van der Waals surface area (Å²) in [4.78, 5) is 40.7. The number of anilines is 1. The van der Waals surface area contributed by atoms with E-state index in [1.54, 1.807) is 11.6 Å². The Morgan fingerprint density at radius 3 is 2.84 bits per heavy atom. The number of non-ortho nitro benzene ring substituents is 1. The number of nitro groups is 1. The molecule has 0 radical (unpaired) electrons. The molecule has 1 N–H and O–H groups in total. The minimum absolute atomic E-state index is 0.113. The third kappa shape index (κ3) is 4.60. The second-order valence-corrected chi connectivity index (χ2v) is 6.72. The van der Waals surface area contributed by atoms with E-state index in [0.29, 0.717) is 17.6 Å². The summed E-state index contributed by atoms with van der Waals surface area (Å²) in [6.45, 7) is 0.352. The number of nitro benzene ring substituents is 1. The molecule has 1 saturated carbocycles. The lowest BCUT2D eigenvalue weighted by molar-refractivity contribution is -0.384. The van der Waals surface area contributed by atoms with Gasteiger partial charge < -0.3 is 10.2 Å². The molecule has 25 heavy (non-hydrogen) atoms. The van der Waals surface area contributed by atoms with E-state index in [1.165, 1.54) is 40.5 Å². The van der Waals surface area contributed by atoms with E-state index in [2.05, 4.69) is 10.3 Å². The van der Waals surface area contributed by atoms with Crippen LogP contribution >= 0.6 is 11.3 Å². The Kier molecular flexibility index (Phi) is 5.03. The molecule has 0 aliphatic heterocycles. The van der Waals surface area contributed by atoms with E-state index in [1.807, 2.05) is 0 Å². The van der Waals surface area contributed by atoms with E-state index < -0.39 is 4.92 Å². The van der Waals surface area contributed by atoms with Crippen LogP contribution in [0, 0.1) is 16.0 Å². The molecule has 0 bridgehead atoms. The summed E-state index contributed by atoms with van der Waals surface area (Å²) in [5.74, 6) is -0.338. The topological polar surface area (TPSA) is 105 Å². The number of amides is 2. The zero-order valence-electron chi connectivity index (χ0n) is 13.3. The van der Waals surface area contributed by atoms with Crippen LogP contribution in [-0.4, -0.2) is 39.7 Å². The maximum atomic E-state index is 12.7. The average Bonchev–Trinajstić information content (AvgIpc) is 3.27. The summed E-state index contributed by atoms with van der Waals surface area (Å²) in [5.41, 5.74) is 0.0568. The Hall–Kier alpha value is -2.81. The molecule has 2 aromatic rings. The molecule has 1 heterocycles. The van der Waals surface area contributed by atoms with Gasteiger partial charge in [-0.05, 0) is 24.8 Å². The van der Waals surface area contributed by atoms with Crippen LogP contribution in [-0.2, 0) is 4.79 Å². The minimum atomic E-state index is -0.544. The van der Waals surface area contributed by atoms with Gasteiger partial charge in [0.25, 0.3) is 11.6 Å². The van der Waals surface area contributed by atoms with Gasteiger partial charge in [-0.2, -0.15) is 0 Å². The molecule has 1 aliphatic rings. The quantitative estimate of drug-likeness (QED) is 0.603. The van der Waals surface area contributed by atoms with E-state index in [4.69, 9.17) is 0 Å². The Morgan fingerprint density at radius 2 is 2.20 bits per heavy atom. The predicted molar refractivity (Wildman–Crippen MR) is 92.5 cm³/mol. The fraction of sp³-hybridized carbons (Fsp3) is 0.312. The zero-order valence-corrected chi connectivity index (χ0v) is 14.1. The van der Waals surface area contributed by atoms with Crippen molar-refractivity contribution in [3.63, 3.8) is 0 Å². The molecule has 0 spiro atoms. The second-order valence-electron chi connectivity index (χ2n) is 5.82. The first-order valence-electron chi connectivity index (χ1n) is 7.76. The van der Waals surface area contributed by atoms with Crippen molar-refractivity contribution in [3.05, 3.63) is 51.5 Å². The molecule has 130 valence electrons. The van der Waals surface area contributed by atoms with Crippen LogP contribution in [0.2, 0.25) is 0 Å². The Labute approximate surface area is 147 Å². The number of carbonyl (C=O) groups excluding carboxylic acids is 2. The highest BCUT2D eigenvalue weighted by atomic mass is 32.1. The van der Waals surface area contributed by atoms with E-state index in [0.717, 1.165) is 12.8 Å². The highest BCUT2D eigenvalue weighted by Gasteiger charge is 2.29. The van der Waals surface area contributed by atoms with Gasteiger partial charge >= 0.3 is 0 Å². The van der Waals surface area contributed by atoms with Crippen molar-refractivity contribution in [1.29, 1.82) is 0 Å². The summed E-state index contributed by atoms with van der Waals surface area (Å²) >= 11 is 1.29. The predicted octanol–water partition coefficient (Wildman–Crippen LogP) is 2.54. The lowest BCUT2D eigenvalue weighted by Gasteiger charge is -2.22. The SMILES string of the molecule is O=C(CN(CC1CC1)C(=O)c1cccc([N+](=O)[O-])c1)Nc1nccs1. The van der Waals surface area contributed by atoms with Crippen molar-refractivity contribution in [2.45, 2.75) is 12.8 Å². The van der Waals surface area contributed by atoms with Crippen LogP contribution < -0.4 is 5.32 Å². The molecule has 9 heteroatoms. The van der Waals surface area contributed by atoms with E-state index >= 15 is 0 Å². The van der Waals surface area contributed by atoms with Gasteiger partial charge in [-0.3, -0.25) is 19.7 Å². The molecule has 0 unspecified atom stereocenters. The van der Waals surface area contributed by atoms with Crippen molar-refractivity contribution in [1.82, 2.24) is 9.88 Å². The molecule has 3 rings (SSSR count). The molecule has 1 aliphatic carbocycles. The summed E-state index contributed by atoms with van der Waals surface area (Å²) in [7, 11) is 0. The third-order valence-electron chi connectivity index (χ3n) is 3.78. The third-order valence-corrected chi connectivity index (χ3v) is 4.47. The molecule has 8 nitrogen and oxygen atoms in total. The molecule has 1 aromatic heterocycles. The van der Waals surface area contributed by atoms with Crippen LogP contribution in [0.25, 0.3) is 0 Å². The first-order valence-corrected chi connectivity index (χ1v) is 8.64. The molecule has 1 fully saturated rings. The zero-order chi connectivity index (χ0) is 17.8. The first kappa shape index (κ1) is 17.0. The van der Waals surface area contributed by atoms with Crippen molar-refractivity contribution >= 4 is 34.0 Å². The summed E-state index contributed by atoms with van der Waals surface area (Å²) in [6.07, 6.45) is 3.62. The van der Waals surface area contributed by atoms with Gasteiger partial charge in [-0.25, -0.2) is 4.98 Å². The lowest BCUT2D eigenvalue weighted by Crippen LogP contribution is -2.39. The Balaban J connectivity index is 1.72. The van der Waals surface area contributed by atoms with Gasteiger partial charge in [0.2, 0.25) is 5.91 Å². The maximum absolute atomic E-state index is 12.7. The number of aromatic nitrogens is 1. The monoisotopic (exact) mass is 360 g/mol. The summed E-state index contributed by atoms with van der Waals surface area (Å²) < 4.78 is 0. The van der Waals surface area contributed by atoms with Gasteiger partial charge in [-0.15, -0.1) is 11.3 Å². The molecule has 0 saturated heterocycles. The number of rotatable bonds is 7. The Bertz CT molecular complexity index is 789. The fourth-order valence-electron chi connectivity index (χ4n) is 2.38. The van der Waals surface area contributed by atoms with Gasteiger partial charge in [0.15, 0.2) is 5.13 Å². The number of carbonyl (C=O) groups is 2. The van der Waals surface area contributed by atoms with Crippen LogP contribution in [0.5, 0.6) is 0 Å². The first-order chi connectivity index (χ1) is 12.0. The molecular formula is C16H16N4O4S. The average molecular weight is 360 g/mol. The van der Waals surface area contributed by atoms with Crippen LogP contribution in [0.1, 0.15) is 23.2 Å². The minimum Gasteiger partial charge on any atom is -0.329 e. The lowest BCUT2D eigenvalue weighted by atomic mass is 10.1. The number of hydrogen-bond acceptors (Lipinski definition) is 6. The van der Waals surface area contributed by atoms with E-state index in [9.17, 15) is 19.7 Å². The van der Waals surface area contributed by atoms with Gasteiger partial charge in [0.05, 0.1) is 4.92 Å². The standard InChI is InChI=1S/C16H16N4O4S/c21-14(18-16-17-6-7-25-16)10-19(9-11-4-5-11)15(22)12-2-1-3-13(8-12)20(23)24/h1-3,6-8,11H,4-5,9-10H2,(H,17,18,21). The number of nitrogens with one attached hydrogen (secondary N) is 1. The van der Waals surface area contributed by atoms with Gasteiger partial charge in [0, 0.05) is 35.8 Å². The normalized spacial score (nSPS) is 13.3.